The minimum atomic E-state index is -0.375. The number of para-hydroxylation sites is 1. The average Bonchev–Trinajstić information content (AvgIpc) is 2.60. The van der Waals surface area contributed by atoms with Crippen LogP contribution in [0.1, 0.15) is 6.92 Å². The molecule has 7 heteroatoms. The van der Waals surface area contributed by atoms with Gasteiger partial charge in [0, 0.05) is 17.1 Å². The Morgan fingerprint density at radius 3 is 2.54 bits per heavy atom. The molecule has 1 heterocycles. The molecule has 0 saturated heterocycles. The molecule has 2 N–H and O–H groups in total. The molecule has 122 valence electrons. The first-order valence-corrected chi connectivity index (χ1v) is 7.87. The summed E-state index contributed by atoms with van der Waals surface area (Å²) in [4.78, 5) is 20.7. The number of benzene rings is 2. The molecule has 0 amide bonds. The summed E-state index contributed by atoms with van der Waals surface area (Å²) in [7, 11) is 0. The monoisotopic (exact) mass is 341 g/mol. The number of hydrazine groups is 1. The zero-order valence-corrected chi connectivity index (χ0v) is 13.8. The maximum Gasteiger partial charge on any atom is 0.352 e. The predicted octanol–water partition coefficient (Wildman–Crippen LogP) is 3.42. The normalized spacial score (nSPS) is 10.4. The molecule has 6 nitrogen and oxygen atoms in total. The molecule has 0 fully saturated rings. The van der Waals surface area contributed by atoms with Crippen LogP contribution in [0.5, 0.6) is 0 Å². The largest absolute Gasteiger partial charge is 0.352 e. The van der Waals surface area contributed by atoms with E-state index in [2.05, 4.69) is 20.8 Å². The molecular weight excluding hydrogens is 326 g/mol. The molecule has 0 aliphatic rings. The molecule has 0 spiro atoms. The molecule has 0 unspecified atom stereocenters. The average molecular weight is 342 g/mol. The lowest BCUT2D eigenvalue weighted by Gasteiger charge is -2.13. The summed E-state index contributed by atoms with van der Waals surface area (Å²) < 4.78 is 1.50. The molecule has 1 aromatic heterocycles. The van der Waals surface area contributed by atoms with E-state index < -0.39 is 0 Å². The van der Waals surface area contributed by atoms with Gasteiger partial charge in [0.1, 0.15) is 5.82 Å². The van der Waals surface area contributed by atoms with E-state index in [1.807, 2.05) is 49.4 Å². The van der Waals surface area contributed by atoms with E-state index in [-0.39, 0.29) is 11.6 Å². The van der Waals surface area contributed by atoms with Crippen LogP contribution in [0, 0.1) is 0 Å². The van der Waals surface area contributed by atoms with E-state index in [1.165, 1.54) is 4.57 Å². The van der Waals surface area contributed by atoms with Gasteiger partial charge < -0.3 is 0 Å². The van der Waals surface area contributed by atoms with Gasteiger partial charge in [-0.25, -0.2) is 4.79 Å². The van der Waals surface area contributed by atoms with E-state index in [4.69, 9.17) is 11.6 Å². The molecule has 0 aliphatic heterocycles. The standard InChI is InChI=1S/C17H16ClN5O/c1-2-23-15(12-7-6-8-13(18)11-12)19-16(20-17(23)24)22-21-14-9-4-3-5-10-14/h3-11,21H,2H2,1H3,(H,20,22,24). The molecule has 2 aromatic carbocycles. The van der Waals surface area contributed by atoms with Crippen LogP contribution in [0.2, 0.25) is 5.02 Å². The zero-order chi connectivity index (χ0) is 16.9. The fourth-order valence-electron chi connectivity index (χ4n) is 2.27. The summed E-state index contributed by atoms with van der Waals surface area (Å²) >= 11 is 6.05. The summed E-state index contributed by atoms with van der Waals surface area (Å²) in [5.74, 6) is 0.709. The number of rotatable bonds is 5. The van der Waals surface area contributed by atoms with E-state index in [1.54, 1.807) is 12.1 Å². The third kappa shape index (κ3) is 3.55. The van der Waals surface area contributed by atoms with Crippen molar-refractivity contribution in [1.29, 1.82) is 0 Å². The smallest absolute Gasteiger partial charge is 0.298 e. The molecule has 0 bridgehead atoms. The van der Waals surface area contributed by atoms with Gasteiger partial charge >= 0.3 is 5.69 Å². The Bertz CT molecular complexity index is 895. The van der Waals surface area contributed by atoms with Crippen molar-refractivity contribution in [2.24, 2.45) is 0 Å². The van der Waals surface area contributed by atoms with Crippen LogP contribution in [0.4, 0.5) is 11.6 Å². The fourth-order valence-corrected chi connectivity index (χ4v) is 2.46. The molecule has 0 saturated carbocycles. The van der Waals surface area contributed by atoms with E-state index in [0.29, 0.717) is 17.4 Å². The lowest BCUT2D eigenvalue weighted by molar-refractivity contribution is 0.688. The van der Waals surface area contributed by atoms with Gasteiger partial charge in [-0.15, -0.1) is 0 Å². The Morgan fingerprint density at radius 1 is 1.04 bits per heavy atom. The van der Waals surface area contributed by atoms with Crippen molar-refractivity contribution in [3.8, 4) is 11.4 Å². The summed E-state index contributed by atoms with van der Waals surface area (Å²) in [5.41, 5.74) is 7.04. The van der Waals surface area contributed by atoms with Crippen molar-refractivity contribution >= 4 is 23.2 Å². The SMILES string of the molecule is CCn1c(-c2cccc(Cl)c2)nc(NNc2ccccc2)nc1=O. The summed E-state index contributed by atoms with van der Waals surface area (Å²) in [5, 5.41) is 0.582. The van der Waals surface area contributed by atoms with Crippen molar-refractivity contribution in [3.63, 3.8) is 0 Å². The third-order valence-electron chi connectivity index (χ3n) is 3.39. The second kappa shape index (κ2) is 7.14. The van der Waals surface area contributed by atoms with Gasteiger partial charge in [-0.05, 0) is 31.2 Å². The number of aromatic nitrogens is 3. The molecule has 0 radical (unpaired) electrons. The van der Waals surface area contributed by atoms with Crippen LogP contribution in [0.3, 0.4) is 0 Å². The van der Waals surface area contributed by atoms with Gasteiger partial charge in [-0.2, -0.15) is 9.97 Å². The van der Waals surface area contributed by atoms with E-state index >= 15 is 0 Å². The summed E-state index contributed by atoms with van der Waals surface area (Å²) in [6.07, 6.45) is 0. The number of hydrogen-bond donors (Lipinski definition) is 2. The number of nitrogens with one attached hydrogen (secondary N) is 2. The minimum absolute atomic E-state index is 0.198. The van der Waals surface area contributed by atoms with E-state index in [0.717, 1.165) is 11.3 Å². The first kappa shape index (κ1) is 16.0. The van der Waals surface area contributed by atoms with Gasteiger partial charge in [-0.1, -0.05) is 41.9 Å². The number of halogens is 1. The van der Waals surface area contributed by atoms with Crippen molar-refractivity contribution < 1.29 is 0 Å². The maximum atomic E-state index is 12.3. The van der Waals surface area contributed by atoms with E-state index in [9.17, 15) is 4.79 Å². The molecule has 0 aliphatic carbocycles. The Kier molecular flexibility index (Phi) is 4.77. The molecule has 24 heavy (non-hydrogen) atoms. The van der Waals surface area contributed by atoms with Crippen LogP contribution >= 0.6 is 11.6 Å². The molecule has 0 atom stereocenters. The highest BCUT2D eigenvalue weighted by atomic mass is 35.5. The number of anilines is 2. The highest BCUT2D eigenvalue weighted by molar-refractivity contribution is 6.30. The highest BCUT2D eigenvalue weighted by Crippen LogP contribution is 2.20. The lowest BCUT2D eigenvalue weighted by Crippen LogP contribution is -2.27. The van der Waals surface area contributed by atoms with Gasteiger partial charge in [0.15, 0.2) is 0 Å². The van der Waals surface area contributed by atoms with Gasteiger partial charge in [0.05, 0.1) is 5.69 Å². The van der Waals surface area contributed by atoms with Crippen LogP contribution in [0.25, 0.3) is 11.4 Å². The quantitative estimate of drug-likeness (QED) is 0.696. The lowest BCUT2D eigenvalue weighted by atomic mass is 10.2. The van der Waals surface area contributed by atoms with Gasteiger partial charge in [-0.3, -0.25) is 15.4 Å². The van der Waals surface area contributed by atoms with Crippen molar-refractivity contribution in [3.05, 3.63) is 70.1 Å². The van der Waals surface area contributed by atoms with Crippen molar-refractivity contribution in [2.45, 2.75) is 13.5 Å². The first-order valence-electron chi connectivity index (χ1n) is 7.49. The fraction of sp³-hybridized carbons (Fsp3) is 0.118. The predicted molar refractivity (Wildman–Crippen MR) is 96.1 cm³/mol. The Hall–Kier alpha value is -2.86. The number of nitrogens with zero attached hydrogens (tertiary/aromatic N) is 3. The third-order valence-corrected chi connectivity index (χ3v) is 3.63. The van der Waals surface area contributed by atoms with Crippen molar-refractivity contribution in [2.75, 3.05) is 10.9 Å². The Morgan fingerprint density at radius 2 is 1.83 bits per heavy atom. The van der Waals surface area contributed by atoms with Crippen molar-refractivity contribution in [1.82, 2.24) is 14.5 Å². The minimum Gasteiger partial charge on any atom is -0.298 e. The molecular formula is C17H16ClN5O. The molecule has 3 aromatic rings. The summed E-state index contributed by atoms with van der Waals surface area (Å²) in [6.45, 7) is 2.33. The molecule has 3 rings (SSSR count). The topological polar surface area (TPSA) is 71.8 Å². The van der Waals surface area contributed by atoms with Gasteiger partial charge in [0.2, 0.25) is 5.95 Å². The summed E-state index contributed by atoms with van der Waals surface area (Å²) in [6, 6.07) is 16.7. The van der Waals surface area contributed by atoms with Crippen LogP contribution in [-0.4, -0.2) is 14.5 Å². The second-order valence-electron chi connectivity index (χ2n) is 5.02. The van der Waals surface area contributed by atoms with Gasteiger partial charge in [0.25, 0.3) is 0 Å². The maximum absolute atomic E-state index is 12.3. The second-order valence-corrected chi connectivity index (χ2v) is 5.46. The van der Waals surface area contributed by atoms with Crippen LogP contribution < -0.4 is 16.5 Å². The Balaban J connectivity index is 1.96. The Labute approximate surface area is 144 Å². The first-order chi connectivity index (χ1) is 11.7. The van der Waals surface area contributed by atoms with Crippen LogP contribution in [0.15, 0.2) is 59.4 Å². The number of hydrogen-bond acceptors (Lipinski definition) is 5. The van der Waals surface area contributed by atoms with Crippen LogP contribution in [-0.2, 0) is 6.54 Å². The highest BCUT2D eigenvalue weighted by Gasteiger charge is 2.11. The zero-order valence-electron chi connectivity index (χ0n) is 13.0.